The molecule has 3 atom stereocenters. The first-order valence-electron chi connectivity index (χ1n) is 36.8. The van der Waals surface area contributed by atoms with Crippen molar-refractivity contribution >= 4 is 297 Å². The molecule has 0 spiro atoms. The molecule has 13 rings (SSSR count). The van der Waals surface area contributed by atoms with Crippen molar-refractivity contribution in [1.82, 2.24) is 0 Å². The number of unbranched alkanes of at least 4 members (excludes halogenated alkanes) is 3. The van der Waals surface area contributed by atoms with E-state index in [1.807, 2.05) is 5.38 Å². The van der Waals surface area contributed by atoms with Gasteiger partial charge in [-0.2, -0.15) is 46.6 Å². The number of alkyl halides is 3. The second kappa shape index (κ2) is 58.6. The molecule has 1 aliphatic carbocycles. The summed E-state index contributed by atoms with van der Waals surface area (Å²) < 4.78 is 110. The standard InChI is InChI=1S/C15H17Br2FO2S2.C15H21FO2S2.C15H19FO2S2.C10H4O2S2.C7H4ClFOS2.C7H5FO2S2.C4H6O3.C2H6O.CH2Cl2.CH3F.BHNS.H2/c1-3-5-6-8(4-2)7-20-15(19)12-10(18)9-11(21-12)14(17)22-13(9)16;2*1-3-5-6-10(4-2)7-18-15(17)14-13(16)11-8-19-9-12(11)20-14;11-7-5-1-3-13-9(5)8(12)6-2-4-14-10(6)7;8-7(10)6-5(9)3-1-11-2-4(3)12-6;8-5-3-1-11-2-4(3)12-6(5)7(9)10;1-3(5)7-4(2)6;1-2-3;2-1-3;1-2;1-2-3;/h8H,3-7H2,1-2H3;10H,3-9H2,1-2H3;8-10H,3-7H2,1-2H3;1-4H;1-2H2;1-2H2,(H,9,10);1-2H3;3H,2H2,1H3;1H2;1H3;3H;1H/i;;;;;;;;;1D;;1+1. The number of carbonyl (C=O) groups excluding carboxylic acids is 8. The molecule has 0 fully saturated rings. The number of ketones is 2. The van der Waals surface area contributed by atoms with Crippen LogP contribution in [-0.4, -0.2) is 109 Å². The molecular weight excluding hydrogens is 1990 g/mol. The Morgan fingerprint density at radius 3 is 1.27 bits per heavy atom. The normalized spacial score (nSPS) is 12.8. The van der Waals surface area contributed by atoms with E-state index in [4.69, 9.17) is 60.6 Å². The van der Waals surface area contributed by atoms with Crippen LogP contribution in [0.4, 0.5) is 26.3 Å². The SMILES string of the molecule is CC(=O)OC(C)=O.CCCCC(CC)COC(=O)c1sc2c(Br)sc(Br)c2c1F.CCCCC(CC)COC(=O)c1sc2c(c1F)CSC2.CCCCC(CC)COC(=O)c1sc2cscc2c1F.CCO.ClCCl.O=C(Cl)c1sc2c(c1F)CSC2.O=C(O)c1sc2c(c1F)CSC2.O=C1c2ccsc2C(=O)c2ccsc21.[2HH].[2H]CF.[B]=NS. The number of fused-ring (bicyclic) bond motifs is 7. The number of hydrogen-bond acceptors (Lipinski definition) is 28. The number of carboxylic acid groups (broad SMARTS) is 1. The van der Waals surface area contributed by atoms with Crippen LogP contribution >= 0.6 is 217 Å². The van der Waals surface area contributed by atoms with Crippen molar-refractivity contribution in [2.24, 2.45) is 22.1 Å². The van der Waals surface area contributed by atoms with Crippen LogP contribution in [0.2, 0.25) is 0 Å². The van der Waals surface area contributed by atoms with Gasteiger partial charge in [-0.25, -0.2) is 41.1 Å². The number of thiol groups is 1. The minimum atomic E-state index is -1.16. The van der Waals surface area contributed by atoms with Gasteiger partial charge in [0, 0.05) is 120 Å². The monoisotopic (exact) mass is 2070 g/mol. The van der Waals surface area contributed by atoms with Gasteiger partial charge in [-0.15, -0.1) is 114 Å². The molecule has 9 aromatic rings. The second-order valence-corrected chi connectivity index (χ2v) is 40.6. The van der Waals surface area contributed by atoms with Gasteiger partial charge < -0.3 is 29.2 Å². The Bertz CT molecular complexity index is 4590. The zero-order valence-electron chi connectivity index (χ0n) is 66.4. The van der Waals surface area contributed by atoms with Gasteiger partial charge in [-0.3, -0.25) is 28.4 Å². The van der Waals surface area contributed by atoms with Crippen molar-refractivity contribution in [3.05, 3.63) is 147 Å². The van der Waals surface area contributed by atoms with Crippen LogP contribution in [0, 0.1) is 46.8 Å². The average molecular weight is 2080 g/mol. The summed E-state index contributed by atoms with van der Waals surface area (Å²) in [6.07, 6.45) is 12.9. The minimum absolute atomic E-state index is 0. The van der Waals surface area contributed by atoms with Gasteiger partial charge in [0.15, 0.2) is 23.3 Å². The van der Waals surface area contributed by atoms with E-state index in [-0.39, 0.29) is 55.1 Å². The fourth-order valence-corrected chi connectivity index (χ4v) is 26.0. The molecule has 0 aromatic carbocycles. The van der Waals surface area contributed by atoms with E-state index in [0.29, 0.717) is 107 Å². The van der Waals surface area contributed by atoms with Crippen LogP contribution in [-0.2, 0) is 63.1 Å². The van der Waals surface area contributed by atoms with Crippen molar-refractivity contribution in [3.63, 3.8) is 0 Å². The number of thioether (sulfide) groups is 3. The molecule has 4 aliphatic rings. The predicted molar refractivity (Wildman–Crippen MR) is 494 cm³/mol. The zero-order chi connectivity index (χ0) is 89.2. The number of thiophene rings is 9. The Hall–Kier alpha value is -3.52. The van der Waals surface area contributed by atoms with Gasteiger partial charge in [-0.1, -0.05) is 99.3 Å². The number of nitrogens with zero attached hydrogens (tertiary/aromatic N) is 1. The number of rotatable bonds is 23. The molecule has 12 heterocycles. The fraction of sp³-hybridized carbons (Fsp3) is 0.468. The van der Waals surface area contributed by atoms with Crippen LogP contribution in [0.25, 0.3) is 20.2 Å². The number of ether oxygens (including phenoxy) is 4. The average Bonchev–Trinajstić information content (AvgIpc) is 1.60. The molecule has 1 radical (unpaired) electrons. The number of esters is 5. The Morgan fingerprint density at radius 2 is 0.941 bits per heavy atom. The van der Waals surface area contributed by atoms with E-state index in [0.717, 1.165) is 145 Å². The van der Waals surface area contributed by atoms with Crippen LogP contribution in [0.1, 0.15) is 252 Å². The van der Waals surface area contributed by atoms with E-state index in [1.54, 1.807) is 70.5 Å². The summed E-state index contributed by atoms with van der Waals surface area (Å²) >= 11 is 41.0. The summed E-state index contributed by atoms with van der Waals surface area (Å²) in [6, 6.07) is 3.45. The summed E-state index contributed by atoms with van der Waals surface area (Å²) in [6.45, 7) is 18.2. The number of carboxylic acids is 1. The van der Waals surface area contributed by atoms with Crippen molar-refractivity contribution in [2.75, 3.05) is 38.9 Å². The molecule has 3 aliphatic heterocycles. The third-order valence-corrected chi connectivity index (χ3v) is 31.9. The Morgan fingerprint density at radius 1 is 0.585 bits per heavy atom. The molecule has 2 N–H and O–H groups in total. The van der Waals surface area contributed by atoms with Crippen LogP contribution < -0.4 is 0 Å². The number of carbonyl (C=O) groups is 9. The van der Waals surface area contributed by atoms with Gasteiger partial charge in [0.05, 0.1) is 61.1 Å². The van der Waals surface area contributed by atoms with Crippen molar-refractivity contribution in [3.8, 4) is 0 Å². The second-order valence-electron chi connectivity index (χ2n) is 24.6. The Labute approximate surface area is 772 Å². The van der Waals surface area contributed by atoms with Crippen LogP contribution in [0.5, 0.6) is 0 Å². The summed E-state index contributed by atoms with van der Waals surface area (Å²) in [4.78, 5) is 105. The number of halogens is 11. The number of hydrogen-bond donors (Lipinski definition) is 3. The predicted octanol–water partition coefficient (Wildman–Crippen LogP) is 27.9. The van der Waals surface area contributed by atoms with Gasteiger partial charge >= 0.3 is 60.6 Å². The number of aliphatic hydroxyl groups excluding tert-OH is 1. The molecule has 0 saturated carbocycles. The Kier molecular flexibility index (Phi) is 53.1. The third kappa shape index (κ3) is 33.1. The molecule has 0 saturated heterocycles. The van der Waals surface area contributed by atoms with Gasteiger partial charge in [-0.05, 0) is 110 Å². The van der Waals surface area contributed by atoms with Crippen molar-refractivity contribution in [1.29, 1.82) is 0 Å². The Balaban J connectivity index is 0.000000471. The number of aliphatic hydroxyl groups is 1. The third-order valence-electron chi connectivity index (χ3n) is 16.6. The molecule has 651 valence electrons. The molecule has 0 amide bonds. The van der Waals surface area contributed by atoms with Crippen molar-refractivity contribution in [2.45, 2.75) is 174 Å². The molecule has 118 heavy (non-hydrogen) atoms. The maximum absolute atomic E-state index is 14.4. The first-order valence-corrected chi connectivity index (χ1v) is 50.6. The molecule has 0 bridgehead atoms. The van der Waals surface area contributed by atoms with E-state index >= 15 is 0 Å². The first-order chi connectivity index (χ1) is 56.8. The van der Waals surface area contributed by atoms with Crippen molar-refractivity contribution < 1.29 is 101 Å². The molecular formula is C77H90BBr2Cl3F6NO15S13. The molecule has 16 nitrogen and oxygen atoms in total. The molecule has 3 unspecified atom stereocenters. The van der Waals surface area contributed by atoms with Gasteiger partial charge in [0.25, 0.3) is 5.24 Å². The summed E-state index contributed by atoms with van der Waals surface area (Å²) in [5.41, 5.74) is 3.12. The molecule has 41 heteroatoms. The van der Waals surface area contributed by atoms with Crippen LogP contribution in [0.15, 0.2) is 45.5 Å². The van der Waals surface area contributed by atoms with E-state index in [1.165, 1.54) is 93.2 Å². The zero-order valence-corrected chi connectivity index (χ0v) is 81.5. The molecule has 9 aromatic heterocycles. The van der Waals surface area contributed by atoms with E-state index < -0.39 is 71.5 Å². The van der Waals surface area contributed by atoms with E-state index in [9.17, 15) is 69.5 Å². The summed E-state index contributed by atoms with van der Waals surface area (Å²) in [5, 5.41) is 23.8. The van der Waals surface area contributed by atoms with E-state index in [2.05, 4.69) is 103 Å². The quantitative estimate of drug-likeness (QED) is 0.00788. The first kappa shape index (κ1) is 107. The number of aromatic carboxylic acids is 1. The van der Waals surface area contributed by atoms with Gasteiger partial charge in [0.1, 0.15) is 30.2 Å². The fourth-order valence-electron chi connectivity index (χ4n) is 10.6. The van der Waals surface area contributed by atoms with Crippen LogP contribution in [0.3, 0.4) is 0 Å². The van der Waals surface area contributed by atoms with Gasteiger partial charge in [0.2, 0.25) is 11.6 Å². The topological polar surface area (TPSA) is 243 Å². The summed E-state index contributed by atoms with van der Waals surface area (Å²) in [7, 11) is 3.34. The summed E-state index contributed by atoms with van der Waals surface area (Å²) in [5.74, 6) is -0.586. The maximum atomic E-state index is 14.4.